The normalized spacial score (nSPS) is 16.2. The maximum Gasteiger partial charge on any atom is 0.417 e. The average Bonchev–Trinajstić information content (AvgIpc) is 3.26. The summed E-state index contributed by atoms with van der Waals surface area (Å²) in [6, 6.07) is 3.30. The SMILES string of the molecule is [C-]#[N+]c1cnc(NC(CC)C2CCN(CC#N)CC2)nc1-c1c[nH]c2ncc(C(F)(F)F)cc12. The first kappa shape index (κ1) is 23.5. The summed E-state index contributed by atoms with van der Waals surface area (Å²) in [4.78, 5) is 21.2. The number of aromatic amines is 1. The van der Waals surface area contributed by atoms with Crippen LogP contribution >= 0.6 is 0 Å². The van der Waals surface area contributed by atoms with Gasteiger partial charge >= 0.3 is 6.18 Å². The third kappa shape index (κ3) is 4.80. The third-order valence-corrected chi connectivity index (χ3v) is 6.25. The van der Waals surface area contributed by atoms with Crippen molar-refractivity contribution in [1.29, 1.82) is 5.26 Å². The fourth-order valence-corrected chi connectivity index (χ4v) is 4.41. The number of pyridine rings is 1. The van der Waals surface area contributed by atoms with Gasteiger partial charge in [-0.3, -0.25) is 4.90 Å². The minimum absolute atomic E-state index is 0.0948. The molecule has 0 saturated carbocycles. The van der Waals surface area contributed by atoms with Crippen LogP contribution < -0.4 is 5.32 Å². The third-order valence-electron chi connectivity index (χ3n) is 6.25. The number of halogens is 3. The molecular weight excluding hydrogens is 445 g/mol. The van der Waals surface area contributed by atoms with Gasteiger partial charge in [-0.05, 0) is 44.3 Å². The Kier molecular flexibility index (Phi) is 6.66. The molecule has 0 radical (unpaired) electrons. The van der Waals surface area contributed by atoms with Crippen LogP contribution in [0.3, 0.4) is 0 Å². The second-order valence-electron chi connectivity index (χ2n) is 8.29. The summed E-state index contributed by atoms with van der Waals surface area (Å²) in [5.74, 6) is 0.696. The molecule has 4 heterocycles. The zero-order valence-corrected chi connectivity index (χ0v) is 18.5. The zero-order chi connectivity index (χ0) is 24.3. The number of likely N-dealkylation sites (tertiary alicyclic amines) is 1. The monoisotopic (exact) mass is 468 g/mol. The molecule has 0 aliphatic carbocycles. The Morgan fingerprint density at radius 2 is 2.09 bits per heavy atom. The van der Waals surface area contributed by atoms with Crippen LogP contribution in [0.4, 0.5) is 24.8 Å². The number of nitrogens with one attached hydrogen (secondary N) is 2. The summed E-state index contributed by atoms with van der Waals surface area (Å²) in [6.07, 6.45) is 1.86. The molecule has 1 aliphatic rings. The van der Waals surface area contributed by atoms with Crippen molar-refractivity contribution in [2.24, 2.45) is 5.92 Å². The van der Waals surface area contributed by atoms with Crippen LogP contribution in [0.5, 0.6) is 0 Å². The molecule has 0 bridgehead atoms. The number of hydrogen-bond acceptors (Lipinski definition) is 6. The van der Waals surface area contributed by atoms with E-state index in [2.05, 4.69) is 48.0 Å². The van der Waals surface area contributed by atoms with Crippen LogP contribution in [0.1, 0.15) is 31.7 Å². The van der Waals surface area contributed by atoms with E-state index in [1.807, 2.05) is 0 Å². The Balaban J connectivity index is 1.63. The van der Waals surface area contributed by atoms with Crippen LogP contribution in [-0.2, 0) is 6.18 Å². The Morgan fingerprint density at radius 1 is 1.32 bits per heavy atom. The van der Waals surface area contributed by atoms with Crippen LogP contribution in [0.25, 0.3) is 27.1 Å². The van der Waals surface area contributed by atoms with Gasteiger partial charge in [-0.2, -0.15) is 18.4 Å². The maximum atomic E-state index is 13.2. The van der Waals surface area contributed by atoms with E-state index in [1.165, 1.54) is 12.4 Å². The Bertz CT molecular complexity index is 1250. The fraction of sp³-hybridized carbons (Fsp3) is 0.435. The summed E-state index contributed by atoms with van der Waals surface area (Å²) in [5.41, 5.74) is 0.164. The fourth-order valence-electron chi connectivity index (χ4n) is 4.41. The van der Waals surface area contributed by atoms with Crippen LogP contribution in [0.2, 0.25) is 0 Å². The molecule has 0 spiro atoms. The lowest BCUT2D eigenvalue weighted by Gasteiger charge is -2.35. The molecule has 1 saturated heterocycles. The summed E-state index contributed by atoms with van der Waals surface area (Å²) >= 11 is 0. The van der Waals surface area contributed by atoms with E-state index in [-0.39, 0.29) is 28.5 Å². The number of rotatable bonds is 6. The topological polar surface area (TPSA) is 97.9 Å². The van der Waals surface area contributed by atoms with E-state index in [4.69, 9.17) is 11.8 Å². The molecule has 2 N–H and O–H groups in total. The molecule has 1 unspecified atom stereocenters. The van der Waals surface area contributed by atoms with Gasteiger partial charge in [0.15, 0.2) is 0 Å². The lowest BCUT2D eigenvalue weighted by Crippen LogP contribution is -2.40. The van der Waals surface area contributed by atoms with E-state index < -0.39 is 11.7 Å². The number of anilines is 1. The van der Waals surface area contributed by atoms with Crippen LogP contribution in [0, 0.1) is 23.8 Å². The molecule has 3 aromatic rings. The van der Waals surface area contributed by atoms with Gasteiger partial charge in [0.25, 0.3) is 0 Å². The maximum absolute atomic E-state index is 13.2. The van der Waals surface area contributed by atoms with E-state index in [0.717, 1.165) is 44.6 Å². The van der Waals surface area contributed by atoms with Crippen molar-refractivity contribution in [3.63, 3.8) is 0 Å². The standard InChI is InChI=1S/C23H23F3N8/c1-3-18(14-4-7-34(8-5-14)9-6-27)32-22-31-13-19(28-2)20(33-22)17-12-30-21-16(17)10-15(11-29-21)23(24,25)26/h10-14,18H,3-5,7-9H2,1H3,(H,29,30)(H,31,32,33). The highest BCUT2D eigenvalue weighted by molar-refractivity contribution is 5.96. The molecule has 4 rings (SSSR count). The molecule has 11 heteroatoms. The Hall–Kier alpha value is -3.70. The highest BCUT2D eigenvalue weighted by Crippen LogP contribution is 2.37. The van der Waals surface area contributed by atoms with Gasteiger partial charge in [0.05, 0.1) is 30.4 Å². The highest BCUT2D eigenvalue weighted by Gasteiger charge is 2.32. The predicted molar refractivity (Wildman–Crippen MR) is 121 cm³/mol. The summed E-state index contributed by atoms with van der Waals surface area (Å²) < 4.78 is 39.7. The average molecular weight is 468 g/mol. The molecule has 1 aliphatic heterocycles. The first-order valence-electron chi connectivity index (χ1n) is 11.0. The van der Waals surface area contributed by atoms with E-state index in [0.29, 0.717) is 24.0 Å². The predicted octanol–water partition coefficient (Wildman–Crippen LogP) is 5.02. The van der Waals surface area contributed by atoms with Gasteiger partial charge in [0, 0.05) is 35.6 Å². The van der Waals surface area contributed by atoms with Crippen molar-refractivity contribution in [3.05, 3.63) is 41.6 Å². The molecule has 176 valence electrons. The van der Waals surface area contributed by atoms with Crippen molar-refractivity contribution in [1.82, 2.24) is 24.8 Å². The number of piperidine rings is 1. The molecule has 0 aromatic carbocycles. The molecular formula is C23H23F3N8. The lowest BCUT2D eigenvalue weighted by atomic mass is 9.88. The van der Waals surface area contributed by atoms with Gasteiger partial charge in [0.1, 0.15) is 5.65 Å². The summed E-state index contributed by atoms with van der Waals surface area (Å²) in [7, 11) is 0. The van der Waals surface area contributed by atoms with Gasteiger partial charge in [0.2, 0.25) is 11.6 Å². The van der Waals surface area contributed by atoms with E-state index in [9.17, 15) is 13.2 Å². The van der Waals surface area contributed by atoms with Gasteiger partial charge in [-0.1, -0.05) is 6.92 Å². The van der Waals surface area contributed by atoms with Gasteiger partial charge in [-0.25, -0.2) is 19.8 Å². The lowest BCUT2D eigenvalue weighted by molar-refractivity contribution is -0.137. The van der Waals surface area contributed by atoms with Crippen molar-refractivity contribution >= 4 is 22.7 Å². The van der Waals surface area contributed by atoms with Crippen molar-refractivity contribution in [2.45, 2.75) is 38.4 Å². The first-order valence-corrected chi connectivity index (χ1v) is 11.0. The molecule has 3 aromatic heterocycles. The van der Waals surface area contributed by atoms with E-state index >= 15 is 0 Å². The van der Waals surface area contributed by atoms with Gasteiger partial charge in [-0.15, -0.1) is 0 Å². The second kappa shape index (κ2) is 9.65. The molecule has 0 amide bonds. The number of nitrogens with zero attached hydrogens (tertiary/aromatic N) is 6. The minimum Gasteiger partial charge on any atom is -0.351 e. The van der Waals surface area contributed by atoms with Crippen LogP contribution in [-0.4, -0.2) is 50.5 Å². The molecule has 8 nitrogen and oxygen atoms in total. The smallest absolute Gasteiger partial charge is 0.351 e. The van der Waals surface area contributed by atoms with E-state index in [1.54, 1.807) is 0 Å². The molecule has 34 heavy (non-hydrogen) atoms. The molecule has 1 fully saturated rings. The van der Waals surface area contributed by atoms with Crippen LogP contribution in [0.15, 0.2) is 24.7 Å². The van der Waals surface area contributed by atoms with Crippen molar-refractivity contribution in [2.75, 3.05) is 25.0 Å². The molecule has 1 atom stereocenters. The number of hydrogen-bond donors (Lipinski definition) is 2. The number of nitriles is 1. The number of fused-ring (bicyclic) bond motifs is 1. The largest absolute Gasteiger partial charge is 0.417 e. The number of H-pyrrole nitrogens is 1. The summed E-state index contributed by atoms with van der Waals surface area (Å²) in [5, 5.41) is 12.5. The zero-order valence-electron chi connectivity index (χ0n) is 18.5. The van der Waals surface area contributed by atoms with Gasteiger partial charge < -0.3 is 10.3 Å². The number of aromatic nitrogens is 4. The van der Waals surface area contributed by atoms with Crippen molar-refractivity contribution in [3.8, 4) is 17.3 Å². The Morgan fingerprint density at radius 3 is 2.74 bits per heavy atom. The highest BCUT2D eigenvalue weighted by atomic mass is 19.4. The minimum atomic E-state index is -4.53. The summed E-state index contributed by atoms with van der Waals surface area (Å²) in [6.45, 7) is 11.7. The Labute approximate surface area is 194 Å². The first-order chi connectivity index (χ1) is 16.3. The van der Waals surface area contributed by atoms with Crippen molar-refractivity contribution < 1.29 is 13.2 Å². The second-order valence-corrected chi connectivity index (χ2v) is 8.29. The quantitative estimate of drug-likeness (QED) is 0.390. The number of alkyl halides is 3.